The maximum absolute atomic E-state index is 14.7. The van der Waals surface area contributed by atoms with E-state index in [9.17, 15) is 9.18 Å². The lowest BCUT2D eigenvalue weighted by Gasteiger charge is -2.37. The minimum absolute atomic E-state index is 0.0483. The summed E-state index contributed by atoms with van der Waals surface area (Å²) in [6, 6.07) is 14.3. The van der Waals surface area contributed by atoms with Gasteiger partial charge in [-0.1, -0.05) is 12.1 Å². The number of anilines is 2. The lowest BCUT2D eigenvalue weighted by molar-refractivity contribution is -0.115. The van der Waals surface area contributed by atoms with E-state index in [2.05, 4.69) is 10.4 Å². The largest absolute Gasteiger partial charge is 0.372 e. The highest BCUT2D eigenvalue weighted by molar-refractivity contribution is 5.92. The standard InChI is InChI=1S/C23H25FN4O2/c1-16-14-27(15-17(2)30-16)22-9-6-19(13-21(22)24)26-23(29)12-18-4-7-20(8-5-18)28-11-3-10-25-28/h3-11,13,16-17H,12,14-15H2,1-2H3,(H,26,29)/t16-,17+. The summed E-state index contributed by atoms with van der Waals surface area (Å²) in [5.41, 5.74) is 2.78. The Morgan fingerprint density at radius 3 is 2.53 bits per heavy atom. The number of halogens is 1. The third-order valence-corrected chi connectivity index (χ3v) is 5.06. The van der Waals surface area contributed by atoms with Crippen molar-refractivity contribution in [2.45, 2.75) is 32.5 Å². The highest BCUT2D eigenvalue weighted by Gasteiger charge is 2.24. The fourth-order valence-electron chi connectivity index (χ4n) is 3.79. The molecule has 0 aliphatic carbocycles. The summed E-state index contributed by atoms with van der Waals surface area (Å²) in [5, 5.41) is 6.96. The van der Waals surface area contributed by atoms with Crippen molar-refractivity contribution in [1.29, 1.82) is 0 Å². The van der Waals surface area contributed by atoms with Gasteiger partial charge in [-0.2, -0.15) is 5.10 Å². The van der Waals surface area contributed by atoms with Crippen LogP contribution in [0.3, 0.4) is 0 Å². The number of nitrogens with zero attached hydrogens (tertiary/aromatic N) is 3. The number of benzene rings is 2. The van der Waals surface area contributed by atoms with Gasteiger partial charge in [0, 0.05) is 31.2 Å². The molecule has 6 nitrogen and oxygen atoms in total. The number of carbonyl (C=O) groups is 1. The molecular formula is C23H25FN4O2. The summed E-state index contributed by atoms with van der Waals surface area (Å²) in [6.07, 6.45) is 3.88. The van der Waals surface area contributed by atoms with Gasteiger partial charge in [0.2, 0.25) is 5.91 Å². The van der Waals surface area contributed by atoms with Gasteiger partial charge in [-0.15, -0.1) is 0 Å². The van der Waals surface area contributed by atoms with E-state index in [0.717, 1.165) is 11.3 Å². The summed E-state index contributed by atoms with van der Waals surface area (Å²) in [5.74, 6) is -0.541. The van der Waals surface area contributed by atoms with Gasteiger partial charge >= 0.3 is 0 Å². The summed E-state index contributed by atoms with van der Waals surface area (Å²) in [4.78, 5) is 14.4. The Bertz CT molecular complexity index is 995. The highest BCUT2D eigenvalue weighted by atomic mass is 19.1. The van der Waals surface area contributed by atoms with E-state index in [0.29, 0.717) is 24.5 Å². The lowest BCUT2D eigenvalue weighted by Crippen LogP contribution is -2.45. The van der Waals surface area contributed by atoms with E-state index in [1.807, 2.05) is 55.3 Å². The molecule has 0 saturated carbocycles. The van der Waals surface area contributed by atoms with Crippen LogP contribution in [-0.4, -0.2) is 41.0 Å². The van der Waals surface area contributed by atoms with Crippen molar-refractivity contribution in [2.75, 3.05) is 23.3 Å². The van der Waals surface area contributed by atoms with E-state index < -0.39 is 0 Å². The van der Waals surface area contributed by atoms with Crippen molar-refractivity contribution < 1.29 is 13.9 Å². The second-order valence-corrected chi connectivity index (χ2v) is 7.67. The molecule has 2 aromatic carbocycles. The van der Waals surface area contributed by atoms with Gasteiger partial charge in [-0.25, -0.2) is 9.07 Å². The molecule has 2 heterocycles. The number of nitrogens with one attached hydrogen (secondary N) is 1. The molecule has 1 saturated heterocycles. The molecule has 2 atom stereocenters. The fraction of sp³-hybridized carbons (Fsp3) is 0.304. The van der Waals surface area contributed by atoms with Crippen molar-refractivity contribution >= 4 is 17.3 Å². The number of carbonyl (C=O) groups excluding carboxylic acids is 1. The number of hydrogen-bond donors (Lipinski definition) is 1. The average Bonchev–Trinajstić information content (AvgIpc) is 3.22. The molecule has 0 radical (unpaired) electrons. The predicted molar refractivity (Wildman–Crippen MR) is 115 cm³/mol. The smallest absolute Gasteiger partial charge is 0.228 e. The predicted octanol–water partition coefficient (Wildman–Crippen LogP) is 3.81. The lowest BCUT2D eigenvalue weighted by atomic mass is 10.1. The summed E-state index contributed by atoms with van der Waals surface area (Å²) in [7, 11) is 0. The van der Waals surface area contributed by atoms with Crippen molar-refractivity contribution in [1.82, 2.24) is 9.78 Å². The summed E-state index contributed by atoms with van der Waals surface area (Å²) >= 11 is 0. The molecule has 30 heavy (non-hydrogen) atoms. The van der Waals surface area contributed by atoms with Gasteiger partial charge in [0.05, 0.1) is 30.0 Å². The zero-order valence-corrected chi connectivity index (χ0v) is 17.1. The zero-order valence-electron chi connectivity index (χ0n) is 17.1. The number of amides is 1. The van der Waals surface area contributed by atoms with Crippen LogP contribution in [-0.2, 0) is 16.0 Å². The van der Waals surface area contributed by atoms with Crippen LogP contribution in [0.25, 0.3) is 5.69 Å². The molecule has 156 valence electrons. The Kier molecular flexibility index (Phi) is 5.81. The molecule has 7 heteroatoms. The molecule has 0 unspecified atom stereocenters. The molecule has 0 bridgehead atoms. The molecule has 3 aromatic rings. The fourth-order valence-corrected chi connectivity index (χ4v) is 3.79. The normalized spacial score (nSPS) is 19.0. The van der Waals surface area contributed by atoms with Crippen LogP contribution in [0.15, 0.2) is 60.9 Å². The second-order valence-electron chi connectivity index (χ2n) is 7.67. The van der Waals surface area contributed by atoms with Crippen molar-refractivity contribution in [3.05, 3.63) is 72.3 Å². The van der Waals surface area contributed by atoms with Gasteiger partial charge in [-0.05, 0) is 55.8 Å². The molecule has 1 aromatic heterocycles. The third-order valence-electron chi connectivity index (χ3n) is 5.06. The van der Waals surface area contributed by atoms with Crippen LogP contribution >= 0.6 is 0 Å². The minimum atomic E-state index is -0.349. The van der Waals surface area contributed by atoms with Crippen LogP contribution in [0.1, 0.15) is 19.4 Å². The van der Waals surface area contributed by atoms with Crippen LogP contribution < -0.4 is 10.2 Å². The maximum atomic E-state index is 14.7. The number of aromatic nitrogens is 2. The number of ether oxygens (including phenoxy) is 1. The van der Waals surface area contributed by atoms with E-state index in [1.165, 1.54) is 6.07 Å². The first-order valence-electron chi connectivity index (χ1n) is 10.1. The Balaban J connectivity index is 1.38. The third kappa shape index (κ3) is 4.68. The van der Waals surface area contributed by atoms with Crippen molar-refractivity contribution in [3.8, 4) is 5.69 Å². The first-order valence-corrected chi connectivity index (χ1v) is 10.1. The molecule has 1 aliphatic heterocycles. The van der Waals surface area contributed by atoms with Crippen LogP contribution in [0.4, 0.5) is 15.8 Å². The zero-order chi connectivity index (χ0) is 21.1. The Morgan fingerprint density at radius 2 is 1.90 bits per heavy atom. The molecule has 1 fully saturated rings. The Morgan fingerprint density at radius 1 is 1.17 bits per heavy atom. The second kappa shape index (κ2) is 8.67. The summed E-state index contributed by atoms with van der Waals surface area (Å²) < 4.78 is 22.2. The van der Waals surface area contributed by atoms with Crippen LogP contribution in [0.2, 0.25) is 0 Å². The molecule has 4 rings (SSSR count). The first-order chi connectivity index (χ1) is 14.5. The van der Waals surface area contributed by atoms with Crippen molar-refractivity contribution in [2.24, 2.45) is 0 Å². The van der Waals surface area contributed by atoms with Crippen LogP contribution in [0, 0.1) is 5.82 Å². The molecular weight excluding hydrogens is 383 g/mol. The Labute approximate surface area is 175 Å². The molecule has 1 N–H and O–H groups in total. The Hall–Kier alpha value is -3.19. The van der Waals surface area contributed by atoms with Gasteiger partial charge < -0.3 is 15.0 Å². The molecule has 1 amide bonds. The van der Waals surface area contributed by atoms with Crippen molar-refractivity contribution in [3.63, 3.8) is 0 Å². The highest BCUT2D eigenvalue weighted by Crippen LogP contribution is 2.26. The monoisotopic (exact) mass is 408 g/mol. The average molecular weight is 408 g/mol. The SMILES string of the molecule is C[C@@H]1CN(c2ccc(NC(=O)Cc3ccc(-n4cccn4)cc3)cc2F)C[C@H](C)O1. The van der Waals surface area contributed by atoms with E-state index in [4.69, 9.17) is 4.74 Å². The topological polar surface area (TPSA) is 59.4 Å². The van der Waals surface area contributed by atoms with Gasteiger partial charge in [-0.3, -0.25) is 4.79 Å². The van der Waals surface area contributed by atoms with Crippen LogP contribution in [0.5, 0.6) is 0 Å². The summed E-state index contributed by atoms with van der Waals surface area (Å²) in [6.45, 7) is 5.25. The molecule has 1 aliphatic rings. The first kappa shape index (κ1) is 20.1. The van der Waals surface area contributed by atoms with E-state index >= 15 is 0 Å². The quantitative estimate of drug-likeness (QED) is 0.698. The molecule has 0 spiro atoms. The van der Waals surface area contributed by atoms with Gasteiger partial charge in [0.15, 0.2) is 0 Å². The van der Waals surface area contributed by atoms with Gasteiger partial charge in [0.1, 0.15) is 5.82 Å². The van der Waals surface area contributed by atoms with E-state index in [-0.39, 0.29) is 30.4 Å². The number of rotatable bonds is 5. The maximum Gasteiger partial charge on any atom is 0.228 e. The van der Waals surface area contributed by atoms with E-state index in [1.54, 1.807) is 23.0 Å². The minimum Gasteiger partial charge on any atom is -0.372 e. The van der Waals surface area contributed by atoms with Gasteiger partial charge in [0.25, 0.3) is 0 Å². The number of morpholine rings is 1. The number of hydrogen-bond acceptors (Lipinski definition) is 4.